The first-order valence-electron chi connectivity index (χ1n) is 5.67. The zero-order valence-corrected chi connectivity index (χ0v) is 11.2. The van der Waals surface area contributed by atoms with Gasteiger partial charge in [-0.15, -0.1) is 0 Å². The summed E-state index contributed by atoms with van der Waals surface area (Å²) >= 11 is 5.62. The zero-order chi connectivity index (χ0) is 14.9. The van der Waals surface area contributed by atoms with Gasteiger partial charge in [-0.25, -0.2) is 13.2 Å². The molecule has 2 aromatic rings. The van der Waals surface area contributed by atoms with E-state index >= 15 is 0 Å². The second-order valence-electron chi connectivity index (χ2n) is 4.15. The molecule has 0 bridgehead atoms. The normalized spacial score (nSPS) is 12.3. The predicted molar refractivity (Wildman–Crippen MR) is 70.4 cm³/mol. The van der Waals surface area contributed by atoms with Gasteiger partial charge in [-0.3, -0.25) is 0 Å². The van der Waals surface area contributed by atoms with Gasteiger partial charge in [0.05, 0.1) is 13.2 Å². The van der Waals surface area contributed by atoms with Crippen LogP contribution in [-0.2, 0) is 0 Å². The SMILES string of the molecule is COc1cc(F)c(C(N)c2ccc(Cl)cc2F)c(F)c1. The Labute approximate surface area is 118 Å². The summed E-state index contributed by atoms with van der Waals surface area (Å²) in [6.07, 6.45) is 0. The molecule has 2 rings (SSSR count). The fraction of sp³-hybridized carbons (Fsp3) is 0.143. The van der Waals surface area contributed by atoms with Crippen LogP contribution in [0.3, 0.4) is 0 Å². The van der Waals surface area contributed by atoms with Crippen molar-refractivity contribution in [1.82, 2.24) is 0 Å². The molecule has 0 radical (unpaired) electrons. The minimum absolute atomic E-state index is 0.0209. The van der Waals surface area contributed by atoms with Gasteiger partial charge in [0.25, 0.3) is 0 Å². The van der Waals surface area contributed by atoms with Crippen LogP contribution in [0.2, 0.25) is 5.02 Å². The maximum Gasteiger partial charge on any atom is 0.134 e. The maximum atomic E-state index is 13.9. The monoisotopic (exact) mass is 301 g/mol. The van der Waals surface area contributed by atoms with E-state index in [2.05, 4.69) is 0 Å². The van der Waals surface area contributed by atoms with E-state index in [1.807, 2.05) is 0 Å². The van der Waals surface area contributed by atoms with Crippen molar-refractivity contribution in [2.24, 2.45) is 5.73 Å². The van der Waals surface area contributed by atoms with Crippen LogP contribution in [-0.4, -0.2) is 7.11 Å². The molecule has 1 atom stereocenters. The Hall–Kier alpha value is -1.72. The van der Waals surface area contributed by atoms with Crippen molar-refractivity contribution in [3.05, 3.63) is 63.9 Å². The van der Waals surface area contributed by atoms with E-state index in [9.17, 15) is 13.2 Å². The molecule has 2 N–H and O–H groups in total. The van der Waals surface area contributed by atoms with Crippen molar-refractivity contribution in [2.45, 2.75) is 6.04 Å². The lowest BCUT2D eigenvalue weighted by molar-refractivity contribution is 0.404. The predicted octanol–water partition coefficient (Wildman–Crippen LogP) is 3.81. The minimum atomic E-state index is -1.28. The average molecular weight is 302 g/mol. The zero-order valence-electron chi connectivity index (χ0n) is 10.5. The molecule has 0 heterocycles. The second kappa shape index (κ2) is 5.73. The molecule has 2 aromatic carbocycles. The summed E-state index contributed by atoms with van der Waals surface area (Å²) in [5, 5.41) is 0.175. The first kappa shape index (κ1) is 14.7. The highest BCUT2D eigenvalue weighted by Gasteiger charge is 2.22. The van der Waals surface area contributed by atoms with Gasteiger partial charge in [0.2, 0.25) is 0 Å². The smallest absolute Gasteiger partial charge is 0.134 e. The van der Waals surface area contributed by atoms with Crippen molar-refractivity contribution in [2.75, 3.05) is 7.11 Å². The number of rotatable bonds is 3. The van der Waals surface area contributed by atoms with Gasteiger partial charge in [0.1, 0.15) is 23.2 Å². The van der Waals surface area contributed by atoms with Gasteiger partial charge in [0.15, 0.2) is 0 Å². The summed E-state index contributed by atoms with van der Waals surface area (Å²) in [7, 11) is 1.28. The van der Waals surface area contributed by atoms with E-state index in [0.717, 1.165) is 18.2 Å². The van der Waals surface area contributed by atoms with Crippen molar-refractivity contribution in [1.29, 1.82) is 0 Å². The van der Waals surface area contributed by atoms with Crippen LogP contribution in [0.25, 0.3) is 0 Å². The highest BCUT2D eigenvalue weighted by Crippen LogP contribution is 2.30. The number of nitrogens with two attached hydrogens (primary N) is 1. The Bertz CT molecular complexity index is 625. The van der Waals surface area contributed by atoms with Crippen molar-refractivity contribution < 1.29 is 17.9 Å². The van der Waals surface area contributed by atoms with Gasteiger partial charge >= 0.3 is 0 Å². The fourth-order valence-corrected chi connectivity index (χ4v) is 2.04. The summed E-state index contributed by atoms with van der Waals surface area (Å²) < 4.78 is 46.3. The summed E-state index contributed by atoms with van der Waals surface area (Å²) in [6, 6.07) is 4.44. The average Bonchev–Trinajstić information content (AvgIpc) is 2.37. The number of halogens is 4. The lowest BCUT2D eigenvalue weighted by Crippen LogP contribution is -2.17. The molecular weight excluding hydrogens is 291 g/mol. The number of methoxy groups -OCH3 is 1. The number of hydrogen-bond donors (Lipinski definition) is 1. The van der Waals surface area contributed by atoms with E-state index in [0.29, 0.717) is 0 Å². The molecule has 106 valence electrons. The molecule has 0 aromatic heterocycles. The van der Waals surface area contributed by atoms with Gasteiger partial charge in [-0.05, 0) is 12.1 Å². The topological polar surface area (TPSA) is 35.2 Å². The van der Waals surface area contributed by atoms with E-state index in [-0.39, 0.29) is 16.3 Å². The van der Waals surface area contributed by atoms with Crippen molar-refractivity contribution in [3.8, 4) is 5.75 Å². The summed E-state index contributed by atoms with van der Waals surface area (Å²) in [5.74, 6) is -2.50. The molecule has 20 heavy (non-hydrogen) atoms. The Morgan fingerprint density at radius 3 is 2.15 bits per heavy atom. The Kier molecular flexibility index (Phi) is 4.20. The minimum Gasteiger partial charge on any atom is -0.497 e. The maximum absolute atomic E-state index is 13.9. The van der Waals surface area contributed by atoms with Crippen LogP contribution in [0.15, 0.2) is 30.3 Å². The van der Waals surface area contributed by atoms with Crippen LogP contribution in [0, 0.1) is 17.5 Å². The van der Waals surface area contributed by atoms with Gasteiger partial charge < -0.3 is 10.5 Å². The lowest BCUT2D eigenvalue weighted by Gasteiger charge is -2.16. The third-order valence-corrected chi connectivity index (χ3v) is 3.13. The molecule has 0 fully saturated rings. The number of benzene rings is 2. The van der Waals surface area contributed by atoms with Gasteiger partial charge in [-0.1, -0.05) is 17.7 Å². The quantitative estimate of drug-likeness (QED) is 0.935. The van der Waals surface area contributed by atoms with Crippen LogP contribution in [0.1, 0.15) is 17.2 Å². The van der Waals surface area contributed by atoms with Crippen LogP contribution in [0.4, 0.5) is 13.2 Å². The van der Waals surface area contributed by atoms with E-state index < -0.39 is 29.1 Å². The molecule has 0 aliphatic rings. The molecule has 0 saturated carbocycles. The van der Waals surface area contributed by atoms with Gasteiger partial charge in [0, 0.05) is 28.3 Å². The molecule has 6 heteroatoms. The lowest BCUT2D eigenvalue weighted by atomic mass is 9.98. The Morgan fingerprint density at radius 1 is 1.05 bits per heavy atom. The van der Waals surface area contributed by atoms with E-state index in [1.54, 1.807) is 0 Å². The molecule has 0 spiro atoms. The van der Waals surface area contributed by atoms with Crippen LogP contribution < -0.4 is 10.5 Å². The largest absolute Gasteiger partial charge is 0.497 e. The Balaban J connectivity index is 2.50. The molecule has 0 aliphatic carbocycles. The summed E-state index contributed by atoms with van der Waals surface area (Å²) in [5.41, 5.74) is 5.29. The summed E-state index contributed by atoms with van der Waals surface area (Å²) in [4.78, 5) is 0. The molecular formula is C14H11ClF3NO. The van der Waals surface area contributed by atoms with Crippen molar-refractivity contribution >= 4 is 11.6 Å². The van der Waals surface area contributed by atoms with Crippen molar-refractivity contribution in [3.63, 3.8) is 0 Å². The summed E-state index contributed by atoms with van der Waals surface area (Å²) in [6.45, 7) is 0. The fourth-order valence-electron chi connectivity index (χ4n) is 1.89. The first-order valence-corrected chi connectivity index (χ1v) is 6.05. The van der Waals surface area contributed by atoms with E-state index in [1.165, 1.54) is 19.2 Å². The highest BCUT2D eigenvalue weighted by molar-refractivity contribution is 6.30. The van der Waals surface area contributed by atoms with Crippen LogP contribution >= 0.6 is 11.6 Å². The third-order valence-electron chi connectivity index (χ3n) is 2.90. The second-order valence-corrected chi connectivity index (χ2v) is 4.58. The van der Waals surface area contributed by atoms with Gasteiger partial charge in [-0.2, -0.15) is 0 Å². The molecule has 0 aliphatic heterocycles. The number of ether oxygens (including phenoxy) is 1. The first-order chi connectivity index (χ1) is 9.43. The third kappa shape index (κ3) is 2.73. The highest BCUT2D eigenvalue weighted by atomic mass is 35.5. The Morgan fingerprint density at radius 2 is 1.65 bits per heavy atom. The molecule has 2 nitrogen and oxygen atoms in total. The molecule has 0 saturated heterocycles. The van der Waals surface area contributed by atoms with E-state index in [4.69, 9.17) is 22.1 Å². The number of hydrogen-bond acceptors (Lipinski definition) is 2. The molecule has 1 unspecified atom stereocenters. The molecule has 0 amide bonds. The standard InChI is InChI=1S/C14H11ClF3NO/c1-20-8-5-11(17)13(12(18)6-8)14(19)9-3-2-7(15)4-10(9)16/h2-6,14H,19H2,1H3. The van der Waals surface area contributed by atoms with Crippen LogP contribution in [0.5, 0.6) is 5.75 Å².